The van der Waals surface area contributed by atoms with E-state index >= 15 is 0 Å². The number of halogens is 2. The van der Waals surface area contributed by atoms with Crippen LogP contribution in [0.25, 0.3) is 11.1 Å². The van der Waals surface area contributed by atoms with Crippen LogP contribution in [-0.2, 0) is 35.8 Å². The summed E-state index contributed by atoms with van der Waals surface area (Å²) in [4.78, 5) is 30.9. The molecule has 4 aromatic rings. The summed E-state index contributed by atoms with van der Waals surface area (Å²) in [7, 11) is 3.06. The fraction of sp³-hybridized carbons (Fsp3) is 0.385. The van der Waals surface area contributed by atoms with Crippen molar-refractivity contribution in [3.05, 3.63) is 89.1 Å². The first-order chi connectivity index (χ1) is 25.8. The molecule has 2 aromatic carbocycles. The Hall–Kier alpha value is -3.78. The SMILES string of the molecule is COc1nc(OCc2cccc(-c3cccc(COc4nc(OC)c(CNC[C@@H](O)CC(=O)O)cc4I)c3C)c2C)c(I)cc1CCC[C@@H](O)CC(=O)O. The predicted octanol–water partition coefficient (Wildman–Crippen LogP) is 6.23. The van der Waals surface area contributed by atoms with Gasteiger partial charge in [0.15, 0.2) is 0 Å². The zero-order valence-electron chi connectivity index (χ0n) is 30.5. The van der Waals surface area contributed by atoms with Crippen LogP contribution in [0.3, 0.4) is 0 Å². The molecule has 0 aliphatic heterocycles. The van der Waals surface area contributed by atoms with E-state index in [0.29, 0.717) is 49.3 Å². The van der Waals surface area contributed by atoms with Gasteiger partial charge >= 0.3 is 11.9 Å². The highest BCUT2D eigenvalue weighted by Crippen LogP contribution is 2.33. The van der Waals surface area contributed by atoms with Gasteiger partial charge in [-0.2, -0.15) is 9.97 Å². The Morgan fingerprint density at radius 3 is 1.70 bits per heavy atom. The van der Waals surface area contributed by atoms with Crippen molar-refractivity contribution in [3.8, 4) is 34.6 Å². The van der Waals surface area contributed by atoms with E-state index in [9.17, 15) is 19.8 Å². The molecule has 2 atom stereocenters. The third kappa shape index (κ3) is 12.1. The van der Waals surface area contributed by atoms with E-state index in [0.717, 1.165) is 51.6 Å². The number of carboxylic acid groups (broad SMARTS) is 2. The van der Waals surface area contributed by atoms with Gasteiger partial charge in [0.2, 0.25) is 23.5 Å². The predicted molar refractivity (Wildman–Crippen MR) is 218 cm³/mol. The molecule has 54 heavy (non-hydrogen) atoms. The monoisotopic (exact) mass is 969 g/mol. The summed E-state index contributed by atoms with van der Waals surface area (Å²) in [6, 6.07) is 16.1. The molecule has 0 unspecified atom stereocenters. The third-order valence-corrected chi connectivity index (χ3v) is 10.3. The summed E-state index contributed by atoms with van der Waals surface area (Å²) in [6.45, 7) is 5.14. The molecule has 0 bridgehead atoms. The summed E-state index contributed by atoms with van der Waals surface area (Å²) in [6.07, 6.45) is -0.994. The Morgan fingerprint density at radius 1 is 0.722 bits per heavy atom. The van der Waals surface area contributed by atoms with Crippen molar-refractivity contribution in [1.82, 2.24) is 15.3 Å². The van der Waals surface area contributed by atoms with Crippen molar-refractivity contribution < 1.29 is 49.0 Å². The highest BCUT2D eigenvalue weighted by atomic mass is 127. The molecule has 5 N–H and O–H groups in total. The number of rotatable bonds is 21. The lowest BCUT2D eigenvalue weighted by atomic mass is 9.92. The fourth-order valence-corrected chi connectivity index (χ4v) is 7.19. The average Bonchev–Trinajstić information content (AvgIpc) is 3.11. The minimum Gasteiger partial charge on any atom is -0.481 e. The zero-order valence-corrected chi connectivity index (χ0v) is 34.8. The van der Waals surface area contributed by atoms with Crippen LogP contribution in [0, 0.1) is 21.0 Å². The van der Waals surface area contributed by atoms with Gasteiger partial charge in [-0.3, -0.25) is 9.59 Å². The number of aryl methyl sites for hydroxylation is 1. The summed E-state index contributed by atoms with van der Waals surface area (Å²) in [5.74, 6) is -0.419. The summed E-state index contributed by atoms with van der Waals surface area (Å²) >= 11 is 4.34. The minimum atomic E-state index is -1.06. The number of nitrogens with zero attached hydrogens (tertiary/aromatic N) is 2. The number of hydrogen-bond acceptors (Lipinski definition) is 11. The van der Waals surface area contributed by atoms with Crippen LogP contribution in [0.2, 0.25) is 0 Å². The van der Waals surface area contributed by atoms with Gasteiger partial charge in [-0.1, -0.05) is 36.4 Å². The van der Waals surface area contributed by atoms with Gasteiger partial charge in [-0.05, 0) is 124 Å². The van der Waals surface area contributed by atoms with Gasteiger partial charge in [0.1, 0.15) is 13.2 Å². The van der Waals surface area contributed by atoms with E-state index in [-0.39, 0.29) is 32.6 Å². The molecule has 0 fully saturated rings. The number of nitrogens with one attached hydrogen (secondary N) is 1. The van der Waals surface area contributed by atoms with Crippen molar-refractivity contribution in [2.75, 3.05) is 20.8 Å². The molecule has 0 aliphatic rings. The average molecular weight is 970 g/mol. The maximum Gasteiger partial charge on any atom is 0.306 e. The first-order valence-electron chi connectivity index (χ1n) is 17.2. The summed E-state index contributed by atoms with van der Waals surface area (Å²) in [5, 5.41) is 40.6. The molecule has 0 aliphatic carbocycles. The zero-order chi connectivity index (χ0) is 39.4. The minimum absolute atomic E-state index is 0.114. The lowest BCUT2D eigenvalue weighted by molar-refractivity contribution is -0.140. The number of aliphatic hydroxyl groups is 2. The molecule has 0 saturated carbocycles. The number of methoxy groups -OCH3 is 2. The Bertz CT molecular complexity index is 1790. The first-order valence-corrected chi connectivity index (χ1v) is 19.4. The second-order valence-corrected chi connectivity index (χ2v) is 15.0. The van der Waals surface area contributed by atoms with E-state index < -0.39 is 24.1 Å². The number of aromatic nitrogens is 2. The third-order valence-electron chi connectivity index (χ3n) is 8.76. The lowest BCUT2D eigenvalue weighted by Gasteiger charge is -2.18. The van der Waals surface area contributed by atoms with Crippen LogP contribution in [-0.4, -0.2) is 75.3 Å². The highest BCUT2D eigenvalue weighted by Gasteiger charge is 2.18. The molecule has 0 radical (unpaired) electrons. The quantitative estimate of drug-likeness (QED) is 0.0592. The van der Waals surface area contributed by atoms with Crippen molar-refractivity contribution in [2.45, 2.75) is 77.9 Å². The van der Waals surface area contributed by atoms with E-state index in [1.807, 2.05) is 36.4 Å². The Balaban J connectivity index is 1.43. The molecule has 0 spiro atoms. The number of ether oxygens (including phenoxy) is 4. The van der Waals surface area contributed by atoms with Gasteiger partial charge in [0.25, 0.3) is 0 Å². The molecule has 0 saturated heterocycles. The molecule has 4 rings (SSSR count). The van der Waals surface area contributed by atoms with Gasteiger partial charge in [0.05, 0.1) is 46.4 Å². The standard InChI is InChI=1S/C39H45I2N3O10/c1-22-25(20-53-38-32(40)14-24(36(43-38)51-3)8-5-11-28(45)16-34(47)48)9-6-12-30(22)31-13-7-10-26(23(31)2)21-54-39-33(41)15-27(37(44-39)52-4)18-42-19-29(46)17-35(49)50/h6-7,9-10,12-15,28-29,42,45-46H,5,8,11,16-21H2,1-4H3,(H,47,48)(H,49,50)/t28-,29+/m1/s1. The maximum atomic E-state index is 10.9. The molecule has 290 valence electrons. The fourth-order valence-electron chi connectivity index (χ4n) is 5.88. The molecule has 13 nitrogen and oxygen atoms in total. The Labute approximate surface area is 341 Å². The van der Waals surface area contributed by atoms with Crippen molar-refractivity contribution in [3.63, 3.8) is 0 Å². The van der Waals surface area contributed by atoms with Gasteiger partial charge in [-0.15, -0.1) is 0 Å². The molecular formula is C39H45I2N3O10. The second-order valence-electron chi connectivity index (χ2n) is 12.7. The number of carboxylic acids is 2. The number of aliphatic carboxylic acids is 2. The second kappa shape index (κ2) is 20.8. The summed E-state index contributed by atoms with van der Waals surface area (Å²) in [5.41, 5.74) is 7.86. The first kappa shape index (κ1) is 43.0. The van der Waals surface area contributed by atoms with Gasteiger partial charge in [-0.25, -0.2) is 0 Å². The van der Waals surface area contributed by atoms with Crippen molar-refractivity contribution in [2.24, 2.45) is 0 Å². The van der Waals surface area contributed by atoms with Gasteiger partial charge in [0, 0.05) is 24.2 Å². The van der Waals surface area contributed by atoms with Crippen LogP contribution in [0.1, 0.15) is 59.1 Å². The van der Waals surface area contributed by atoms with E-state index in [2.05, 4.69) is 86.4 Å². The molecule has 2 heterocycles. The molecule has 15 heteroatoms. The number of aliphatic hydroxyl groups excluding tert-OH is 2. The Kier molecular flexibility index (Phi) is 16.5. The molecule has 0 amide bonds. The lowest BCUT2D eigenvalue weighted by Crippen LogP contribution is -2.28. The number of benzene rings is 2. The van der Waals surface area contributed by atoms with Crippen LogP contribution in [0.5, 0.6) is 23.5 Å². The number of carbonyl (C=O) groups is 2. The van der Waals surface area contributed by atoms with E-state index in [4.69, 9.17) is 29.2 Å². The van der Waals surface area contributed by atoms with E-state index in [1.54, 1.807) is 7.11 Å². The summed E-state index contributed by atoms with van der Waals surface area (Å²) < 4.78 is 25.1. The van der Waals surface area contributed by atoms with Gasteiger partial charge < -0.3 is 44.7 Å². The van der Waals surface area contributed by atoms with E-state index in [1.165, 1.54) is 7.11 Å². The topological polar surface area (TPSA) is 190 Å². The smallest absolute Gasteiger partial charge is 0.306 e. The number of hydrogen-bond donors (Lipinski definition) is 5. The largest absolute Gasteiger partial charge is 0.481 e. The number of pyridine rings is 2. The highest BCUT2D eigenvalue weighted by molar-refractivity contribution is 14.1. The van der Waals surface area contributed by atoms with Crippen LogP contribution in [0.15, 0.2) is 48.5 Å². The van der Waals surface area contributed by atoms with Crippen molar-refractivity contribution >= 4 is 57.1 Å². The van der Waals surface area contributed by atoms with Crippen molar-refractivity contribution in [1.29, 1.82) is 0 Å². The Morgan fingerprint density at radius 2 is 1.20 bits per heavy atom. The normalized spacial score (nSPS) is 12.2. The van der Waals surface area contributed by atoms with Crippen LogP contribution < -0.4 is 24.3 Å². The molecule has 2 aromatic heterocycles. The molecular weight excluding hydrogens is 924 g/mol. The van der Waals surface area contributed by atoms with Crippen LogP contribution >= 0.6 is 45.2 Å². The van der Waals surface area contributed by atoms with Crippen LogP contribution in [0.4, 0.5) is 0 Å². The maximum absolute atomic E-state index is 10.9.